The van der Waals surface area contributed by atoms with Gasteiger partial charge in [-0.15, -0.1) is 0 Å². The maximum atomic E-state index is 12.8. The van der Waals surface area contributed by atoms with Crippen LogP contribution in [0.5, 0.6) is 5.75 Å². The van der Waals surface area contributed by atoms with Crippen molar-refractivity contribution >= 4 is 11.6 Å². The van der Waals surface area contributed by atoms with Crippen LogP contribution >= 0.6 is 0 Å². The summed E-state index contributed by atoms with van der Waals surface area (Å²) in [5, 5.41) is 0. The second kappa shape index (κ2) is 6.20. The van der Waals surface area contributed by atoms with Crippen LogP contribution in [0.4, 0.5) is 5.69 Å². The molecule has 4 heteroatoms. The molecule has 1 aliphatic rings. The van der Waals surface area contributed by atoms with Gasteiger partial charge in [-0.2, -0.15) is 0 Å². The van der Waals surface area contributed by atoms with E-state index in [0.717, 1.165) is 29.0 Å². The SMILES string of the molecule is CCCN1C(=O)C(c2ccccc2)Oc2ccc(CN)cc21. The Hall–Kier alpha value is -2.33. The number of amides is 1. The van der Waals surface area contributed by atoms with E-state index < -0.39 is 6.10 Å². The van der Waals surface area contributed by atoms with E-state index in [9.17, 15) is 4.79 Å². The number of carbonyl (C=O) groups is 1. The lowest BCUT2D eigenvalue weighted by Crippen LogP contribution is -2.41. The minimum Gasteiger partial charge on any atom is -0.474 e. The van der Waals surface area contributed by atoms with Crippen LogP contribution in [-0.2, 0) is 11.3 Å². The Bertz CT molecular complexity index is 670. The van der Waals surface area contributed by atoms with Crippen LogP contribution in [0.1, 0.15) is 30.6 Å². The van der Waals surface area contributed by atoms with Gasteiger partial charge in [0.05, 0.1) is 5.69 Å². The molecule has 0 aromatic heterocycles. The van der Waals surface area contributed by atoms with Gasteiger partial charge in [-0.1, -0.05) is 43.3 Å². The van der Waals surface area contributed by atoms with Gasteiger partial charge in [-0.25, -0.2) is 0 Å². The first-order valence-corrected chi connectivity index (χ1v) is 7.60. The molecule has 22 heavy (non-hydrogen) atoms. The van der Waals surface area contributed by atoms with Crippen molar-refractivity contribution in [2.24, 2.45) is 5.73 Å². The Labute approximate surface area is 130 Å². The molecule has 1 heterocycles. The molecule has 1 atom stereocenters. The Morgan fingerprint density at radius 3 is 2.64 bits per heavy atom. The van der Waals surface area contributed by atoms with Crippen LogP contribution in [0.2, 0.25) is 0 Å². The summed E-state index contributed by atoms with van der Waals surface area (Å²) < 4.78 is 5.97. The molecule has 0 radical (unpaired) electrons. The molecular weight excluding hydrogens is 276 g/mol. The number of rotatable bonds is 4. The average Bonchev–Trinajstić information content (AvgIpc) is 2.57. The third-order valence-corrected chi connectivity index (χ3v) is 3.83. The highest BCUT2D eigenvalue weighted by molar-refractivity contribution is 6.00. The Morgan fingerprint density at radius 2 is 1.95 bits per heavy atom. The molecule has 0 aliphatic carbocycles. The summed E-state index contributed by atoms with van der Waals surface area (Å²) in [6.45, 7) is 3.18. The van der Waals surface area contributed by atoms with Crippen molar-refractivity contribution < 1.29 is 9.53 Å². The Balaban J connectivity index is 2.03. The van der Waals surface area contributed by atoms with Crippen LogP contribution in [-0.4, -0.2) is 12.5 Å². The Kier molecular flexibility index (Phi) is 4.11. The van der Waals surface area contributed by atoms with Crippen LogP contribution in [0.3, 0.4) is 0 Å². The van der Waals surface area contributed by atoms with Crippen LogP contribution < -0.4 is 15.4 Å². The quantitative estimate of drug-likeness (QED) is 0.943. The molecule has 0 bridgehead atoms. The highest BCUT2D eigenvalue weighted by atomic mass is 16.5. The summed E-state index contributed by atoms with van der Waals surface area (Å²) in [5.74, 6) is 0.717. The number of nitrogens with zero attached hydrogens (tertiary/aromatic N) is 1. The molecule has 1 unspecified atom stereocenters. The molecule has 0 spiro atoms. The predicted molar refractivity (Wildman–Crippen MR) is 86.8 cm³/mol. The Morgan fingerprint density at radius 1 is 1.18 bits per heavy atom. The average molecular weight is 296 g/mol. The molecule has 2 aromatic carbocycles. The fraction of sp³-hybridized carbons (Fsp3) is 0.278. The maximum absolute atomic E-state index is 12.8. The highest BCUT2D eigenvalue weighted by Crippen LogP contribution is 2.39. The molecule has 3 rings (SSSR count). The van der Waals surface area contributed by atoms with E-state index in [0.29, 0.717) is 13.1 Å². The standard InChI is InChI=1S/C18H20N2O2/c1-2-10-20-15-11-13(12-19)8-9-16(15)22-17(18(20)21)14-6-4-3-5-7-14/h3-9,11,17H,2,10,12,19H2,1H3. The molecule has 2 aromatic rings. The normalized spacial score (nSPS) is 17.1. The van der Waals surface area contributed by atoms with E-state index >= 15 is 0 Å². The molecule has 114 valence electrons. The third kappa shape index (κ3) is 2.57. The number of benzene rings is 2. The summed E-state index contributed by atoms with van der Waals surface area (Å²) in [4.78, 5) is 14.7. The molecule has 1 amide bonds. The van der Waals surface area contributed by atoms with Gasteiger partial charge in [0.15, 0.2) is 0 Å². The van der Waals surface area contributed by atoms with Gasteiger partial charge in [-0.3, -0.25) is 4.79 Å². The van der Waals surface area contributed by atoms with Crippen molar-refractivity contribution in [2.75, 3.05) is 11.4 Å². The molecule has 0 saturated carbocycles. The van der Waals surface area contributed by atoms with Gasteiger partial charge in [0.25, 0.3) is 5.91 Å². The second-order valence-electron chi connectivity index (χ2n) is 5.40. The van der Waals surface area contributed by atoms with Gasteiger partial charge in [0.2, 0.25) is 6.10 Å². The minimum atomic E-state index is -0.580. The number of hydrogen-bond acceptors (Lipinski definition) is 3. The monoisotopic (exact) mass is 296 g/mol. The first-order valence-electron chi connectivity index (χ1n) is 7.60. The van der Waals surface area contributed by atoms with E-state index in [4.69, 9.17) is 10.5 Å². The van der Waals surface area contributed by atoms with Gasteiger partial charge < -0.3 is 15.4 Å². The van der Waals surface area contributed by atoms with Crippen molar-refractivity contribution in [1.29, 1.82) is 0 Å². The van der Waals surface area contributed by atoms with Crippen LogP contribution in [0.25, 0.3) is 0 Å². The first kappa shape index (κ1) is 14.6. The van der Waals surface area contributed by atoms with Crippen molar-refractivity contribution in [3.05, 3.63) is 59.7 Å². The van der Waals surface area contributed by atoms with Crippen LogP contribution in [0.15, 0.2) is 48.5 Å². The molecule has 2 N–H and O–H groups in total. The number of hydrogen-bond donors (Lipinski definition) is 1. The van der Waals surface area contributed by atoms with Gasteiger partial charge in [-0.05, 0) is 24.1 Å². The summed E-state index contributed by atoms with van der Waals surface area (Å²) in [6.07, 6.45) is 0.309. The second-order valence-corrected chi connectivity index (χ2v) is 5.40. The maximum Gasteiger partial charge on any atom is 0.272 e. The number of fused-ring (bicyclic) bond motifs is 1. The van der Waals surface area contributed by atoms with Gasteiger partial charge in [0, 0.05) is 18.7 Å². The highest BCUT2D eigenvalue weighted by Gasteiger charge is 2.35. The van der Waals surface area contributed by atoms with Crippen LogP contribution in [0, 0.1) is 0 Å². The lowest BCUT2D eigenvalue weighted by molar-refractivity contribution is -0.126. The van der Waals surface area contributed by atoms with Gasteiger partial charge in [0.1, 0.15) is 5.75 Å². The minimum absolute atomic E-state index is 0.0188. The largest absolute Gasteiger partial charge is 0.474 e. The van der Waals surface area contributed by atoms with Crippen molar-refractivity contribution in [1.82, 2.24) is 0 Å². The summed E-state index contributed by atoms with van der Waals surface area (Å²) >= 11 is 0. The molecular formula is C18H20N2O2. The number of anilines is 1. The van der Waals surface area contributed by atoms with E-state index in [1.807, 2.05) is 53.4 Å². The zero-order valence-electron chi connectivity index (χ0n) is 12.7. The summed E-state index contributed by atoms with van der Waals surface area (Å²) in [5.41, 5.74) is 8.40. The predicted octanol–water partition coefficient (Wildman–Crippen LogP) is 3.02. The number of carbonyl (C=O) groups excluding carboxylic acids is 1. The third-order valence-electron chi connectivity index (χ3n) is 3.83. The smallest absolute Gasteiger partial charge is 0.272 e. The lowest BCUT2D eigenvalue weighted by Gasteiger charge is -2.34. The summed E-state index contributed by atoms with van der Waals surface area (Å²) in [6, 6.07) is 15.4. The van der Waals surface area contributed by atoms with E-state index in [1.54, 1.807) is 0 Å². The molecule has 0 fully saturated rings. The fourth-order valence-corrected chi connectivity index (χ4v) is 2.73. The fourth-order valence-electron chi connectivity index (χ4n) is 2.73. The van der Waals surface area contributed by atoms with E-state index in [1.165, 1.54) is 0 Å². The van der Waals surface area contributed by atoms with Crippen molar-refractivity contribution in [2.45, 2.75) is 26.0 Å². The zero-order chi connectivity index (χ0) is 15.5. The van der Waals surface area contributed by atoms with E-state index in [2.05, 4.69) is 6.92 Å². The molecule has 4 nitrogen and oxygen atoms in total. The zero-order valence-corrected chi connectivity index (χ0v) is 12.7. The van der Waals surface area contributed by atoms with E-state index in [-0.39, 0.29) is 5.91 Å². The molecule has 0 saturated heterocycles. The molecule has 1 aliphatic heterocycles. The number of nitrogens with two attached hydrogens (primary N) is 1. The van der Waals surface area contributed by atoms with Crippen molar-refractivity contribution in [3.63, 3.8) is 0 Å². The van der Waals surface area contributed by atoms with Gasteiger partial charge >= 0.3 is 0 Å². The lowest BCUT2D eigenvalue weighted by atomic mass is 10.0. The summed E-state index contributed by atoms with van der Waals surface area (Å²) in [7, 11) is 0. The number of ether oxygens (including phenoxy) is 1. The topological polar surface area (TPSA) is 55.6 Å². The first-order chi connectivity index (χ1) is 10.7. The van der Waals surface area contributed by atoms with Crippen molar-refractivity contribution in [3.8, 4) is 5.75 Å².